The summed E-state index contributed by atoms with van der Waals surface area (Å²) >= 11 is 1.17. The normalized spacial score (nSPS) is 21.2. The summed E-state index contributed by atoms with van der Waals surface area (Å²) in [5.74, 6) is 0. The van der Waals surface area contributed by atoms with Gasteiger partial charge in [0.1, 0.15) is 18.8 Å². The number of rotatable bonds is 0. The Hall–Kier alpha value is -0.0200. The lowest BCUT2D eigenvalue weighted by atomic mass is 10.5. The summed E-state index contributed by atoms with van der Waals surface area (Å²) in [6.07, 6.45) is 0. The Balaban J connectivity index is 2.45. The largest absolute Gasteiger partial charge is 0.289 e. The minimum absolute atomic E-state index is 0.699. The van der Waals surface area contributed by atoms with Gasteiger partial charge in [0.2, 0.25) is 0 Å². The molecular formula is C3H5NOS. The van der Waals surface area contributed by atoms with E-state index < -0.39 is 0 Å². The van der Waals surface area contributed by atoms with E-state index in [0.717, 1.165) is 5.71 Å². The summed E-state index contributed by atoms with van der Waals surface area (Å²) in [5, 5.41) is 0. The maximum Gasteiger partial charge on any atom is 0.136 e. The van der Waals surface area contributed by atoms with Crippen LogP contribution in [0.2, 0.25) is 0 Å². The Morgan fingerprint density at radius 3 is 3.00 bits per heavy atom. The monoisotopic (exact) mass is 103 g/mol. The van der Waals surface area contributed by atoms with E-state index >= 15 is 0 Å². The minimum Gasteiger partial charge on any atom is -0.289 e. The molecule has 0 spiro atoms. The van der Waals surface area contributed by atoms with Crippen LogP contribution in [0.4, 0.5) is 0 Å². The molecule has 0 unspecified atom stereocenters. The van der Waals surface area contributed by atoms with Crippen LogP contribution in [0.3, 0.4) is 0 Å². The molecule has 0 aromatic heterocycles. The van der Waals surface area contributed by atoms with Gasteiger partial charge in [-0.05, 0) is 6.92 Å². The van der Waals surface area contributed by atoms with Crippen molar-refractivity contribution in [3.63, 3.8) is 0 Å². The van der Waals surface area contributed by atoms with Gasteiger partial charge in [-0.3, -0.25) is 4.18 Å². The van der Waals surface area contributed by atoms with E-state index in [1.807, 2.05) is 6.92 Å². The third-order valence-corrected chi connectivity index (χ3v) is 1.12. The van der Waals surface area contributed by atoms with Crippen molar-refractivity contribution in [2.24, 2.45) is 4.40 Å². The van der Waals surface area contributed by atoms with Crippen molar-refractivity contribution in [3.05, 3.63) is 0 Å². The zero-order valence-electron chi connectivity index (χ0n) is 3.47. The molecule has 0 aliphatic carbocycles. The summed E-state index contributed by atoms with van der Waals surface area (Å²) in [6.45, 7) is 2.64. The van der Waals surface area contributed by atoms with E-state index in [1.54, 1.807) is 0 Å². The lowest BCUT2D eigenvalue weighted by Crippen LogP contribution is -1.90. The summed E-state index contributed by atoms with van der Waals surface area (Å²) in [6, 6.07) is 0. The third-order valence-electron chi connectivity index (χ3n) is 0.514. The standard InChI is InChI=1S/C3H5NOS/c1-3-2-5-6-4-3/h2H2,1H3. The molecule has 0 fully saturated rings. The molecule has 1 aliphatic rings. The number of hydrogen-bond donors (Lipinski definition) is 0. The quantitative estimate of drug-likeness (QED) is 0.337. The van der Waals surface area contributed by atoms with E-state index in [2.05, 4.69) is 4.40 Å². The first-order valence-electron chi connectivity index (χ1n) is 1.72. The molecule has 0 bridgehead atoms. The summed E-state index contributed by atoms with van der Waals surface area (Å²) in [5.41, 5.74) is 1.07. The van der Waals surface area contributed by atoms with Gasteiger partial charge in [0, 0.05) is 0 Å². The fraction of sp³-hybridized carbons (Fsp3) is 0.667. The lowest BCUT2D eigenvalue weighted by Gasteiger charge is -1.76. The van der Waals surface area contributed by atoms with Gasteiger partial charge >= 0.3 is 0 Å². The molecule has 34 valence electrons. The first-order valence-corrected chi connectivity index (χ1v) is 2.41. The van der Waals surface area contributed by atoms with Crippen molar-refractivity contribution in [1.29, 1.82) is 0 Å². The van der Waals surface area contributed by atoms with Crippen LogP contribution in [0, 0.1) is 0 Å². The van der Waals surface area contributed by atoms with Crippen LogP contribution in [-0.4, -0.2) is 12.3 Å². The average Bonchev–Trinajstić information content (AvgIpc) is 1.86. The Labute approximate surface area is 40.9 Å². The second-order valence-electron chi connectivity index (χ2n) is 1.16. The first kappa shape index (κ1) is 4.15. The van der Waals surface area contributed by atoms with Crippen LogP contribution in [0.15, 0.2) is 4.40 Å². The molecule has 1 aliphatic heterocycles. The molecule has 0 atom stereocenters. The van der Waals surface area contributed by atoms with E-state index in [-0.39, 0.29) is 0 Å². The summed E-state index contributed by atoms with van der Waals surface area (Å²) in [7, 11) is 0. The van der Waals surface area contributed by atoms with Crippen LogP contribution in [-0.2, 0) is 4.18 Å². The molecule has 2 nitrogen and oxygen atoms in total. The molecule has 0 aromatic carbocycles. The van der Waals surface area contributed by atoms with Crippen molar-refractivity contribution < 1.29 is 4.18 Å². The maximum atomic E-state index is 4.77. The maximum absolute atomic E-state index is 4.77. The molecule has 0 saturated heterocycles. The van der Waals surface area contributed by atoms with Crippen molar-refractivity contribution in [3.8, 4) is 0 Å². The highest BCUT2D eigenvalue weighted by Gasteiger charge is 1.98. The second-order valence-corrected chi connectivity index (χ2v) is 1.73. The van der Waals surface area contributed by atoms with Gasteiger partial charge in [-0.2, -0.15) is 4.40 Å². The van der Waals surface area contributed by atoms with Crippen LogP contribution in [0.5, 0.6) is 0 Å². The summed E-state index contributed by atoms with van der Waals surface area (Å²) < 4.78 is 8.62. The van der Waals surface area contributed by atoms with Gasteiger partial charge in [0.05, 0.1) is 5.71 Å². The zero-order chi connectivity index (χ0) is 4.41. The predicted molar refractivity (Wildman–Crippen MR) is 26.7 cm³/mol. The van der Waals surface area contributed by atoms with E-state index in [0.29, 0.717) is 6.61 Å². The first-order chi connectivity index (χ1) is 2.89. The Kier molecular flexibility index (Phi) is 1.12. The van der Waals surface area contributed by atoms with Crippen molar-refractivity contribution in [2.45, 2.75) is 6.92 Å². The van der Waals surface area contributed by atoms with Gasteiger partial charge in [-0.25, -0.2) is 0 Å². The molecule has 6 heavy (non-hydrogen) atoms. The highest BCUT2D eigenvalue weighted by Crippen LogP contribution is 2.11. The molecule has 3 heteroatoms. The molecule has 0 radical (unpaired) electrons. The number of hydrogen-bond acceptors (Lipinski definition) is 3. The Bertz CT molecular complexity index is 80.9. The van der Waals surface area contributed by atoms with Crippen molar-refractivity contribution in [1.82, 2.24) is 0 Å². The highest BCUT2D eigenvalue weighted by atomic mass is 32.2. The van der Waals surface area contributed by atoms with E-state index in [1.165, 1.54) is 12.2 Å². The molecule has 1 heterocycles. The van der Waals surface area contributed by atoms with E-state index in [9.17, 15) is 0 Å². The second kappa shape index (κ2) is 1.62. The van der Waals surface area contributed by atoms with Crippen LogP contribution in [0.25, 0.3) is 0 Å². The molecule has 0 saturated carbocycles. The molecule has 0 amide bonds. The topological polar surface area (TPSA) is 21.6 Å². The average molecular weight is 103 g/mol. The highest BCUT2D eigenvalue weighted by molar-refractivity contribution is 7.93. The third kappa shape index (κ3) is 0.725. The molecule has 1 rings (SSSR count). The van der Waals surface area contributed by atoms with Gasteiger partial charge in [0.25, 0.3) is 0 Å². The van der Waals surface area contributed by atoms with Crippen LogP contribution >= 0.6 is 12.2 Å². The molecule has 0 aromatic rings. The van der Waals surface area contributed by atoms with Gasteiger partial charge in [-0.15, -0.1) is 0 Å². The zero-order valence-corrected chi connectivity index (χ0v) is 4.29. The smallest absolute Gasteiger partial charge is 0.136 e. The van der Waals surface area contributed by atoms with Gasteiger partial charge < -0.3 is 0 Å². The lowest BCUT2D eigenvalue weighted by molar-refractivity contribution is 0.456. The van der Waals surface area contributed by atoms with E-state index in [4.69, 9.17) is 4.18 Å². The van der Waals surface area contributed by atoms with Gasteiger partial charge in [-0.1, -0.05) is 0 Å². The fourth-order valence-corrected chi connectivity index (χ4v) is 0.684. The van der Waals surface area contributed by atoms with Crippen LogP contribution in [0.1, 0.15) is 6.92 Å². The van der Waals surface area contributed by atoms with Crippen molar-refractivity contribution in [2.75, 3.05) is 6.61 Å². The molecular weight excluding hydrogens is 98.1 g/mol. The molecule has 0 N–H and O–H groups in total. The summed E-state index contributed by atoms with van der Waals surface area (Å²) in [4.78, 5) is 0. The Morgan fingerprint density at radius 1 is 2.00 bits per heavy atom. The number of nitrogens with zero attached hydrogens (tertiary/aromatic N) is 1. The van der Waals surface area contributed by atoms with Crippen molar-refractivity contribution >= 4 is 17.9 Å². The minimum atomic E-state index is 0.699. The fourth-order valence-electron chi connectivity index (χ4n) is 0.228. The Morgan fingerprint density at radius 2 is 2.83 bits per heavy atom. The predicted octanol–water partition coefficient (Wildman–Crippen LogP) is 1.04. The SMILES string of the molecule is CC1=NSOC1. The van der Waals surface area contributed by atoms with Crippen LogP contribution < -0.4 is 0 Å². The van der Waals surface area contributed by atoms with Gasteiger partial charge in [0.15, 0.2) is 0 Å².